The summed E-state index contributed by atoms with van der Waals surface area (Å²) in [6.45, 7) is 7.27. The van der Waals surface area contributed by atoms with E-state index >= 15 is 0 Å². The molecule has 0 aliphatic heterocycles. The number of nitrogens with one attached hydrogen (secondary N) is 1. The molecule has 3 nitrogen and oxygen atoms in total. The second-order valence-corrected chi connectivity index (χ2v) is 6.43. The molecule has 6 heteroatoms. The maximum Gasteiger partial charge on any atom is 0.130 e. The lowest BCUT2D eigenvalue weighted by molar-refractivity contribution is 0.443. The zero-order chi connectivity index (χ0) is 12.6. The zero-order valence-electron chi connectivity index (χ0n) is 9.84. The second kappa shape index (κ2) is 4.59. The summed E-state index contributed by atoms with van der Waals surface area (Å²) in [6.07, 6.45) is 0. The summed E-state index contributed by atoms with van der Waals surface area (Å²) in [6, 6.07) is 1.71. The average molecular weight is 290 g/mol. The van der Waals surface area contributed by atoms with Crippen molar-refractivity contribution in [2.75, 3.05) is 11.9 Å². The van der Waals surface area contributed by atoms with E-state index in [2.05, 4.69) is 34.8 Å². The first-order valence-corrected chi connectivity index (χ1v) is 6.71. The smallest absolute Gasteiger partial charge is 0.130 e. The van der Waals surface area contributed by atoms with Crippen LogP contribution in [0.15, 0.2) is 6.07 Å². The quantitative estimate of drug-likeness (QED) is 0.887. The van der Waals surface area contributed by atoms with Crippen molar-refractivity contribution in [3.8, 4) is 0 Å². The molecule has 1 N–H and O–H groups in total. The molecule has 0 unspecified atom stereocenters. The standard InChI is InChI=1S/C11H13Cl2N3S/c1-11(2,3)5-14-8-6(12)4-7(13)9-10(8)16-17-15-9/h4,14H,5H2,1-3H3. The van der Waals surface area contributed by atoms with Gasteiger partial charge in [0.15, 0.2) is 0 Å². The molecule has 1 aromatic heterocycles. The van der Waals surface area contributed by atoms with Crippen molar-refractivity contribution in [2.24, 2.45) is 5.41 Å². The number of hydrogen-bond donors (Lipinski definition) is 1. The predicted octanol–water partition coefficient (Wildman–Crippen LogP) is 4.46. The fourth-order valence-electron chi connectivity index (χ4n) is 1.40. The largest absolute Gasteiger partial charge is 0.381 e. The van der Waals surface area contributed by atoms with Gasteiger partial charge in [-0.3, -0.25) is 0 Å². The monoisotopic (exact) mass is 289 g/mol. The summed E-state index contributed by atoms with van der Waals surface area (Å²) in [7, 11) is 0. The van der Waals surface area contributed by atoms with Crippen LogP contribution in [0.25, 0.3) is 11.0 Å². The topological polar surface area (TPSA) is 37.8 Å². The van der Waals surface area contributed by atoms with E-state index < -0.39 is 0 Å². The summed E-state index contributed by atoms with van der Waals surface area (Å²) in [4.78, 5) is 0. The summed E-state index contributed by atoms with van der Waals surface area (Å²) in [5.41, 5.74) is 2.43. The number of benzene rings is 1. The Balaban J connectivity index is 2.42. The molecule has 0 amide bonds. The minimum Gasteiger partial charge on any atom is -0.381 e. The Morgan fingerprint density at radius 3 is 2.47 bits per heavy atom. The Bertz CT molecular complexity index is 545. The Kier molecular flexibility index (Phi) is 3.48. The normalized spacial score (nSPS) is 12.1. The third-order valence-electron chi connectivity index (χ3n) is 2.24. The van der Waals surface area contributed by atoms with Crippen LogP contribution < -0.4 is 5.32 Å². The molecule has 0 bridgehead atoms. The first-order valence-electron chi connectivity index (χ1n) is 5.22. The summed E-state index contributed by atoms with van der Waals surface area (Å²) in [5, 5.41) is 4.45. The summed E-state index contributed by atoms with van der Waals surface area (Å²) >= 11 is 13.4. The van der Waals surface area contributed by atoms with Gasteiger partial charge in [0.25, 0.3) is 0 Å². The van der Waals surface area contributed by atoms with Gasteiger partial charge in [-0.1, -0.05) is 44.0 Å². The molecule has 2 rings (SSSR count). The van der Waals surface area contributed by atoms with E-state index in [4.69, 9.17) is 23.2 Å². The highest BCUT2D eigenvalue weighted by Gasteiger charge is 2.16. The van der Waals surface area contributed by atoms with Crippen molar-refractivity contribution in [3.63, 3.8) is 0 Å². The van der Waals surface area contributed by atoms with Gasteiger partial charge in [-0.05, 0) is 11.5 Å². The SMILES string of the molecule is CC(C)(C)CNc1c(Cl)cc(Cl)c2nsnc12. The van der Waals surface area contributed by atoms with Crippen LogP contribution in [-0.4, -0.2) is 15.3 Å². The van der Waals surface area contributed by atoms with Gasteiger partial charge < -0.3 is 5.32 Å². The average Bonchev–Trinajstić information content (AvgIpc) is 2.64. The number of aromatic nitrogens is 2. The van der Waals surface area contributed by atoms with Gasteiger partial charge in [0, 0.05) is 6.54 Å². The molecule has 1 aromatic carbocycles. The van der Waals surface area contributed by atoms with Crippen LogP contribution in [0.4, 0.5) is 5.69 Å². The fourth-order valence-corrected chi connectivity index (χ4v) is 2.57. The molecule has 0 aliphatic rings. The predicted molar refractivity (Wildman–Crippen MR) is 75.4 cm³/mol. The van der Waals surface area contributed by atoms with E-state index in [1.807, 2.05) is 0 Å². The van der Waals surface area contributed by atoms with E-state index in [-0.39, 0.29) is 5.41 Å². The molecule has 0 saturated heterocycles. The van der Waals surface area contributed by atoms with Crippen molar-refractivity contribution in [2.45, 2.75) is 20.8 Å². The highest BCUT2D eigenvalue weighted by atomic mass is 35.5. The first kappa shape index (κ1) is 12.9. The zero-order valence-corrected chi connectivity index (χ0v) is 12.2. The van der Waals surface area contributed by atoms with Crippen LogP contribution in [-0.2, 0) is 0 Å². The van der Waals surface area contributed by atoms with Crippen molar-refractivity contribution in [1.29, 1.82) is 0 Å². The lowest BCUT2D eigenvalue weighted by atomic mass is 9.97. The van der Waals surface area contributed by atoms with Crippen LogP contribution in [0.5, 0.6) is 0 Å². The number of fused-ring (bicyclic) bond motifs is 1. The third kappa shape index (κ3) is 2.81. The van der Waals surface area contributed by atoms with Gasteiger partial charge in [0.2, 0.25) is 0 Å². The number of halogens is 2. The van der Waals surface area contributed by atoms with Gasteiger partial charge in [-0.15, -0.1) is 0 Å². The van der Waals surface area contributed by atoms with Crippen LogP contribution in [0, 0.1) is 5.41 Å². The third-order valence-corrected chi connectivity index (χ3v) is 3.35. The van der Waals surface area contributed by atoms with Gasteiger partial charge in [-0.2, -0.15) is 8.75 Å². The Morgan fingerprint density at radius 2 is 1.82 bits per heavy atom. The lowest BCUT2D eigenvalue weighted by Gasteiger charge is -2.20. The van der Waals surface area contributed by atoms with Gasteiger partial charge in [-0.25, -0.2) is 0 Å². The van der Waals surface area contributed by atoms with Crippen molar-refractivity contribution >= 4 is 51.7 Å². The number of hydrogen-bond acceptors (Lipinski definition) is 4. The minimum absolute atomic E-state index is 0.165. The van der Waals surface area contributed by atoms with Crippen molar-refractivity contribution < 1.29 is 0 Å². The van der Waals surface area contributed by atoms with E-state index in [9.17, 15) is 0 Å². The van der Waals surface area contributed by atoms with Crippen molar-refractivity contribution in [3.05, 3.63) is 16.1 Å². The highest BCUT2D eigenvalue weighted by Crippen LogP contribution is 2.35. The highest BCUT2D eigenvalue weighted by molar-refractivity contribution is 7.00. The first-order chi connectivity index (χ1) is 7.88. The molecule has 0 aliphatic carbocycles. The van der Waals surface area contributed by atoms with E-state index in [1.54, 1.807) is 6.07 Å². The number of nitrogens with zero attached hydrogens (tertiary/aromatic N) is 2. The van der Waals surface area contributed by atoms with Crippen LogP contribution in [0.3, 0.4) is 0 Å². The van der Waals surface area contributed by atoms with E-state index in [0.717, 1.165) is 29.5 Å². The van der Waals surface area contributed by atoms with Crippen LogP contribution >= 0.6 is 34.9 Å². The Labute approximate surface area is 114 Å². The summed E-state index contributed by atoms with van der Waals surface area (Å²) in [5.74, 6) is 0. The molecule has 0 fully saturated rings. The second-order valence-electron chi connectivity index (χ2n) is 5.09. The van der Waals surface area contributed by atoms with Gasteiger partial charge in [0.1, 0.15) is 11.0 Å². The van der Waals surface area contributed by atoms with Crippen LogP contribution in [0.2, 0.25) is 10.0 Å². The van der Waals surface area contributed by atoms with E-state index in [1.165, 1.54) is 0 Å². The Morgan fingerprint density at radius 1 is 1.18 bits per heavy atom. The van der Waals surface area contributed by atoms with Crippen LogP contribution in [0.1, 0.15) is 20.8 Å². The maximum absolute atomic E-state index is 6.18. The van der Waals surface area contributed by atoms with Gasteiger partial charge in [0.05, 0.1) is 27.5 Å². The fraction of sp³-hybridized carbons (Fsp3) is 0.455. The van der Waals surface area contributed by atoms with Crippen molar-refractivity contribution in [1.82, 2.24) is 8.75 Å². The lowest BCUT2D eigenvalue weighted by Crippen LogP contribution is -2.19. The minimum atomic E-state index is 0.165. The van der Waals surface area contributed by atoms with Gasteiger partial charge >= 0.3 is 0 Å². The number of anilines is 1. The molecule has 2 aromatic rings. The molecule has 1 heterocycles. The molecule has 92 valence electrons. The molecule has 0 saturated carbocycles. The van der Waals surface area contributed by atoms with E-state index in [0.29, 0.717) is 15.6 Å². The Hall–Kier alpha value is -0.580. The maximum atomic E-state index is 6.18. The molecule has 17 heavy (non-hydrogen) atoms. The summed E-state index contributed by atoms with van der Waals surface area (Å²) < 4.78 is 8.40. The molecular weight excluding hydrogens is 277 g/mol. The molecule has 0 atom stereocenters. The molecule has 0 radical (unpaired) electrons. The molecular formula is C11H13Cl2N3S. The molecule has 0 spiro atoms. The number of rotatable bonds is 2.